The summed E-state index contributed by atoms with van der Waals surface area (Å²) in [5.74, 6) is 5.30. The Morgan fingerprint density at radius 2 is 1.93 bits per heavy atom. The maximum atomic E-state index is 12.8. The second-order valence-electron chi connectivity index (χ2n) is 8.01. The van der Waals surface area contributed by atoms with Crippen LogP contribution in [0.25, 0.3) is 0 Å². The molecule has 3 N–H and O–H groups in total. The van der Waals surface area contributed by atoms with Crippen molar-refractivity contribution >= 4 is 11.7 Å². The fourth-order valence-electron chi connectivity index (χ4n) is 5.32. The Labute approximate surface area is 171 Å². The van der Waals surface area contributed by atoms with E-state index < -0.39 is 11.4 Å². The van der Waals surface area contributed by atoms with Crippen LogP contribution in [0.5, 0.6) is 5.75 Å². The summed E-state index contributed by atoms with van der Waals surface area (Å²) in [6.07, 6.45) is 1.40. The second kappa shape index (κ2) is 7.87. The smallest absolute Gasteiger partial charge is 0.312 e. The molecule has 0 amide bonds. The third-order valence-corrected chi connectivity index (χ3v) is 6.59. The number of nitrogens with zero attached hydrogens (tertiary/aromatic N) is 2. The summed E-state index contributed by atoms with van der Waals surface area (Å²) in [7, 11) is 1.63. The van der Waals surface area contributed by atoms with Crippen molar-refractivity contribution in [2.24, 2.45) is 22.3 Å². The lowest BCUT2D eigenvalue weighted by Crippen LogP contribution is -2.50. The Kier molecular flexibility index (Phi) is 5.28. The van der Waals surface area contributed by atoms with Crippen molar-refractivity contribution in [1.29, 1.82) is 0 Å². The average molecular weight is 393 g/mol. The van der Waals surface area contributed by atoms with Crippen LogP contribution in [0.2, 0.25) is 0 Å². The molecule has 6 heteroatoms. The predicted molar refractivity (Wildman–Crippen MR) is 112 cm³/mol. The maximum Gasteiger partial charge on any atom is 0.312 e. The first-order valence-corrected chi connectivity index (χ1v) is 9.99. The van der Waals surface area contributed by atoms with Crippen LogP contribution in [0.4, 0.5) is 0 Å². The fourth-order valence-corrected chi connectivity index (χ4v) is 5.32. The highest BCUT2D eigenvalue weighted by Crippen LogP contribution is 2.55. The number of benzene rings is 2. The minimum absolute atomic E-state index is 0.160. The molecule has 1 aliphatic heterocycles. The number of fused-ring (bicyclic) bond motifs is 1. The van der Waals surface area contributed by atoms with E-state index in [9.17, 15) is 9.90 Å². The van der Waals surface area contributed by atoms with Gasteiger partial charge in [-0.1, -0.05) is 48.5 Å². The first-order valence-electron chi connectivity index (χ1n) is 9.99. The van der Waals surface area contributed by atoms with Gasteiger partial charge in [0.15, 0.2) is 0 Å². The van der Waals surface area contributed by atoms with E-state index in [1.54, 1.807) is 7.11 Å². The third kappa shape index (κ3) is 3.27. The Hall–Kier alpha value is -2.86. The third-order valence-electron chi connectivity index (χ3n) is 6.59. The van der Waals surface area contributed by atoms with Crippen molar-refractivity contribution < 1.29 is 14.6 Å². The standard InChI is InChI=1S/C23H27N3O3/c1-29-21-10-6-5-9-17(21)18-11-12-20(25-24)19-14-26(15-23(18,19)22(27)28)13-16-7-3-2-4-8-16/h2-10,18-19H,11-15,24H2,1H3,(H,27,28)/b25-20-. The number of nitrogens with two attached hydrogens (primary N) is 1. The van der Waals surface area contributed by atoms with Crippen LogP contribution >= 0.6 is 0 Å². The summed E-state index contributed by atoms with van der Waals surface area (Å²) in [4.78, 5) is 15.1. The van der Waals surface area contributed by atoms with Crippen LogP contribution in [-0.2, 0) is 11.3 Å². The zero-order valence-corrected chi connectivity index (χ0v) is 16.6. The number of methoxy groups -OCH3 is 1. The molecule has 2 fully saturated rings. The van der Waals surface area contributed by atoms with Gasteiger partial charge in [-0.2, -0.15) is 5.10 Å². The number of rotatable bonds is 5. The van der Waals surface area contributed by atoms with Crippen molar-refractivity contribution in [2.45, 2.75) is 25.3 Å². The van der Waals surface area contributed by atoms with Crippen molar-refractivity contribution in [3.05, 3.63) is 65.7 Å². The molecule has 1 saturated carbocycles. The first kappa shape index (κ1) is 19.5. The zero-order chi connectivity index (χ0) is 20.4. The number of hydrogen-bond donors (Lipinski definition) is 2. The molecule has 0 aromatic heterocycles. The second-order valence-corrected chi connectivity index (χ2v) is 8.01. The van der Waals surface area contributed by atoms with Crippen LogP contribution in [-0.4, -0.2) is 41.9 Å². The summed E-state index contributed by atoms with van der Waals surface area (Å²) in [6, 6.07) is 17.9. The highest BCUT2D eigenvalue weighted by atomic mass is 16.5. The number of carbonyl (C=O) groups is 1. The van der Waals surface area contributed by atoms with Gasteiger partial charge in [0.2, 0.25) is 0 Å². The summed E-state index contributed by atoms with van der Waals surface area (Å²) >= 11 is 0. The number of aliphatic carboxylic acids is 1. The molecule has 29 heavy (non-hydrogen) atoms. The van der Waals surface area contributed by atoms with E-state index in [0.717, 1.165) is 17.0 Å². The van der Waals surface area contributed by atoms with Gasteiger partial charge in [0.05, 0.1) is 12.5 Å². The van der Waals surface area contributed by atoms with Gasteiger partial charge in [-0.3, -0.25) is 9.69 Å². The molecular formula is C23H27N3O3. The van der Waals surface area contributed by atoms with E-state index in [2.05, 4.69) is 22.1 Å². The number of hydrazone groups is 1. The Morgan fingerprint density at radius 1 is 1.21 bits per heavy atom. The topological polar surface area (TPSA) is 88.2 Å². The average Bonchev–Trinajstić information content (AvgIpc) is 3.14. The first-order chi connectivity index (χ1) is 14.1. The molecule has 2 aromatic rings. The molecule has 2 aliphatic rings. The number of hydrogen-bond acceptors (Lipinski definition) is 5. The monoisotopic (exact) mass is 393 g/mol. The number of para-hydroxylation sites is 1. The van der Waals surface area contributed by atoms with E-state index in [-0.39, 0.29) is 11.8 Å². The molecule has 3 atom stereocenters. The van der Waals surface area contributed by atoms with Gasteiger partial charge in [-0.25, -0.2) is 0 Å². The van der Waals surface area contributed by atoms with Gasteiger partial charge in [-0.05, 0) is 30.0 Å². The van der Waals surface area contributed by atoms with E-state index >= 15 is 0 Å². The summed E-state index contributed by atoms with van der Waals surface area (Å²) in [5.41, 5.74) is 1.97. The molecule has 3 unspecified atom stereocenters. The van der Waals surface area contributed by atoms with Crippen LogP contribution in [0.3, 0.4) is 0 Å². The van der Waals surface area contributed by atoms with Crippen LogP contribution in [0.1, 0.15) is 29.9 Å². The highest BCUT2D eigenvalue weighted by Gasteiger charge is 2.61. The molecule has 1 heterocycles. The van der Waals surface area contributed by atoms with Gasteiger partial charge in [0, 0.05) is 37.2 Å². The van der Waals surface area contributed by atoms with E-state index in [0.29, 0.717) is 32.5 Å². The molecule has 0 bridgehead atoms. The van der Waals surface area contributed by atoms with Gasteiger partial charge in [-0.15, -0.1) is 0 Å². The molecule has 1 saturated heterocycles. The summed E-state index contributed by atoms with van der Waals surface area (Å²) in [6.45, 7) is 1.81. The minimum Gasteiger partial charge on any atom is -0.496 e. The molecule has 0 radical (unpaired) electrons. The molecule has 6 nitrogen and oxygen atoms in total. The van der Waals surface area contributed by atoms with Crippen molar-refractivity contribution in [3.8, 4) is 5.75 Å². The Balaban J connectivity index is 1.76. The molecule has 2 aromatic carbocycles. The molecule has 152 valence electrons. The lowest BCUT2D eigenvalue weighted by Gasteiger charge is -2.43. The lowest BCUT2D eigenvalue weighted by molar-refractivity contribution is -0.151. The number of likely N-dealkylation sites (tertiary alicyclic amines) is 1. The number of carboxylic acid groups (broad SMARTS) is 1. The van der Waals surface area contributed by atoms with E-state index in [1.807, 2.05) is 42.5 Å². The largest absolute Gasteiger partial charge is 0.496 e. The maximum absolute atomic E-state index is 12.8. The molecule has 0 spiro atoms. The van der Waals surface area contributed by atoms with Gasteiger partial charge in [0.25, 0.3) is 0 Å². The van der Waals surface area contributed by atoms with Crippen molar-refractivity contribution in [2.75, 3.05) is 20.2 Å². The highest BCUT2D eigenvalue weighted by molar-refractivity contribution is 5.95. The van der Waals surface area contributed by atoms with Gasteiger partial charge >= 0.3 is 5.97 Å². The molecule has 4 rings (SSSR count). The van der Waals surface area contributed by atoms with E-state index in [1.165, 1.54) is 5.56 Å². The normalized spacial score (nSPS) is 28.2. The molecular weight excluding hydrogens is 366 g/mol. The zero-order valence-electron chi connectivity index (χ0n) is 16.6. The fraction of sp³-hybridized carbons (Fsp3) is 0.391. The Morgan fingerprint density at radius 3 is 2.62 bits per heavy atom. The summed E-state index contributed by atoms with van der Waals surface area (Å²) < 4.78 is 5.59. The lowest BCUT2D eigenvalue weighted by atomic mass is 9.59. The summed E-state index contributed by atoms with van der Waals surface area (Å²) in [5, 5.41) is 14.6. The van der Waals surface area contributed by atoms with Gasteiger partial charge < -0.3 is 15.7 Å². The minimum atomic E-state index is -0.972. The van der Waals surface area contributed by atoms with Crippen molar-refractivity contribution in [1.82, 2.24) is 4.90 Å². The molecule has 1 aliphatic carbocycles. The number of carboxylic acids is 1. The van der Waals surface area contributed by atoms with Crippen molar-refractivity contribution in [3.63, 3.8) is 0 Å². The van der Waals surface area contributed by atoms with E-state index in [4.69, 9.17) is 10.6 Å². The van der Waals surface area contributed by atoms with Crippen LogP contribution < -0.4 is 10.6 Å². The predicted octanol–water partition coefficient (Wildman–Crippen LogP) is 3.09. The number of ether oxygens (including phenoxy) is 1. The van der Waals surface area contributed by atoms with Crippen LogP contribution in [0.15, 0.2) is 59.7 Å². The van der Waals surface area contributed by atoms with Gasteiger partial charge in [0.1, 0.15) is 5.75 Å². The quantitative estimate of drug-likeness (QED) is 0.602. The Bertz CT molecular complexity index is 915. The SMILES string of the molecule is COc1ccccc1C1CC/C(=N/N)C2CN(Cc3ccccc3)CC21C(=O)O. The van der Waals surface area contributed by atoms with Crippen LogP contribution in [0, 0.1) is 11.3 Å².